The van der Waals surface area contributed by atoms with Gasteiger partial charge in [0.2, 0.25) is 0 Å². The number of para-hydroxylation sites is 1. The molecule has 0 saturated carbocycles. The number of aliphatic carboxylic acids is 1. The van der Waals surface area contributed by atoms with Crippen LogP contribution in [-0.2, 0) is 17.8 Å². The number of carboxylic acid groups (broad SMARTS) is 1. The Labute approximate surface area is 214 Å². The molecule has 1 atom stereocenters. The van der Waals surface area contributed by atoms with Gasteiger partial charge in [0.05, 0.1) is 27.8 Å². The molecule has 1 aromatic heterocycles. The Morgan fingerprint density at radius 3 is 2.34 bits per heavy atom. The largest absolute Gasteiger partial charge is 0.480 e. The number of carboxylic acids is 1. The third kappa shape index (κ3) is 8.56. The molecule has 0 fully saturated rings. The summed E-state index contributed by atoms with van der Waals surface area (Å²) in [5.41, 5.74) is 1.98. The van der Waals surface area contributed by atoms with Gasteiger partial charge in [0.15, 0.2) is 0 Å². The Bertz CT molecular complexity index is 1090. The summed E-state index contributed by atoms with van der Waals surface area (Å²) in [6.07, 6.45) is 7.96. The Hall–Kier alpha value is -3.10. The lowest BCUT2D eigenvalue weighted by molar-refractivity contribution is -0.139. The maximum atomic E-state index is 12.5. The molecule has 35 heavy (non-hydrogen) atoms. The number of aromatic nitrogens is 3. The summed E-state index contributed by atoms with van der Waals surface area (Å²) >= 11 is 12.1. The second-order valence-electron chi connectivity index (χ2n) is 8.20. The highest BCUT2D eigenvalue weighted by Crippen LogP contribution is 2.24. The van der Waals surface area contributed by atoms with Crippen molar-refractivity contribution in [1.29, 1.82) is 0 Å². The van der Waals surface area contributed by atoms with E-state index in [1.807, 2.05) is 18.2 Å². The number of nitrogens with one attached hydrogen (secondary N) is 2. The van der Waals surface area contributed by atoms with E-state index in [0.717, 1.165) is 56.5 Å². The van der Waals surface area contributed by atoms with E-state index in [1.165, 1.54) is 16.8 Å². The Morgan fingerprint density at radius 1 is 0.943 bits per heavy atom. The summed E-state index contributed by atoms with van der Waals surface area (Å²) in [6.45, 7) is 0.896. The molecule has 8 nitrogen and oxygen atoms in total. The smallest absolute Gasteiger partial charge is 0.328 e. The molecule has 3 N–H and O–H groups in total. The minimum Gasteiger partial charge on any atom is -0.480 e. The van der Waals surface area contributed by atoms with Gasteiger partial charge in [-0.2, -0.15) is 0 Å². The molecule has 0 aliphatic carbocycles. The van der Waals surface area contributed by atoms with Gasteiger partial charge in [-0.05, 0) is 43.5 Å². The second-order valence-corrected chi connectivity index (χ2v) is 9.02. The molecule has 0 saturated heterocycles. The number of halogens is 2. The molecule has 1 heterocycles. The summed E-state index contributed by atoms with van der Waals surface area (Å²) in [7, 11) is 0. The number of aryl methyl sites for hydroxylation is 1. The lowest BCUT2D eigenvalue weighted by Gasteiger charge is -2.15. The van der Waals surface area contributed by atoms with Crippen LogP contribution in [0.25, 0.3) is 0 Å². The van der Waals surface area contributed by atoms with Gasteiger partial charge in [-0.25, -0.2) is 9.48 Å². The highest BCUT2D eigenvalue weighted by Gasteiger charge is 2.24. The highest BCUT2D eigenvalue weighted by molar-refractivity contribution is 6.39. The normalized spacial score (nSPS) is 11.7. The number of hydrogen-bond acceptors (Lipinski definition) is 5. The van der Waals surface area contributed by atoms with E-state index in [4.69, 9.17) is 23.2 Å². The van der Waals surface area contributed by atoms with Gasteiger partial charge in [0.1, 0.15) is 6.04 Å². The van der Waals surface area contributed by atoms with Crippen molar-refractivity contribution >= 4 is 40.8 Å². The van der Waals surface area contributed by atoms with Gasteiger partial charge in [-0.1, -0.05) is 71.9 Å². The number of hydrogen-bond donors (Lipinski definition) is 3. The van der Waals surface area contributed by atoms with E-state index < -0.39 is 17.9 Å². The minimum absolute atomic E-state index is 0.0391. The zero-order valence-electron chi connectivity index (χ0n) is 19.3. The third-order valence-electron chi connectivity index (χ3n) is 5.46. The molecule has 0 unspecified atom stereocenters. The van der Waals surface area contributed by atoms with E-state index in [-0.39, 0.29) is 22.2 Å². The summed E-state index contributed by atoms with van der Waals surface area (Å²) in [5.74, 6) is -1.85. The van der Waals surface area contributed by atoms with Crippen molar-refractivity contribution in [2.45, 2.75) is 51.1 Å². The SMILES string of the molecule is O=C(N[C@@H](Cn1cc(CCCCCCCNc2ccccc2)nn1)C(=O)O)c1c(Cl)cccc1Cl. The van der Waals surface area contributed by atoms with Crippen LogP contribution in [0.2, 0.25) is 10.0 Å². The zero-order chi connectivity index (χ0) is 25.0. The number of carbonyl (C=O) groups excluding carboxylic acids is 1. The zero-order valence-corrected chi connectivity index (χ0v) is 20.8. The van der Waals surface area contributed by atoms with E-state index in [0.29, 0.717) is 0 Å². The fourth-order valence-corrected chi connectivity index (χ4v) is 4.18. The molecule has 186 valence electrons. The van der Waals surface area contributed by atoms with Crippen LogP contribution >= 0.6 is 23.2 Å². The van der Waals surface area contributed by atoms with Gasteiger partial charge in [0.25, 0.3) is 5.91 Å². The summed E-state index contributed by atoms with van der Waals surface area (Å²) in [4.78, 5) is 24.2. The molecule has 0 aliphatic rings. The Morgan fingerprint density at radius 2 is 1.63 bits per heavy atom. The average molecular weight is 518 g/mol. The highest BCUT2D eigenvalue weighted by atomic mass is 35.5. The Balaban J connectivity index is 1.37. The first-order valence-corrected chi connectivity index (χ1v) is 12.3. The van der Waals surface area contributed by atoms with Crippen molar-refractivity contribution < 1.29 is 14.7 Å². The fraction of sp³-hybridized carbons (Fsp3) is 0.360. The maximum absolute atomic E-state index is 12.5. The number of anilines is 1. The lowest BCUT2D eigenvalue weighted by Crippen LogP contribution is -2.44. The van der Waals surface area contributed by atoms with Gasteiger partial charge in [-0.15, -0.1) is 5.10 Å². The van der Waals surface area contributed by atoms with E-state index >= 15 is 0 Å². The summed E-state index contributed by atoms with van der Waals surface area (Å²) in [5, 5.41) is 23.9. The molecule has 10 heteroatoms. The fourth-order valence-electron chi connectivity index (χ4n) is 3.61. The minimum atomic E-state index is -1.21. The monoisotopic (exact) mass is 517 g/mol. The number of benzene rings is 2. The van der Waals surface area contributed by atoms with Crippen LogP contribution in [0, 0.1) is 0 Å². The molecule has 2 aromatic carbocycles. The second kappa shape index (κ2) is 13.7. The van der Waals surface area contributed by atoms with Crippen molar-refractivity contribution in [1.82, 2.24) is 20.3 Å². The number of nitrogens with zero attached hydrogens (tertiary/aromatic N) is 3. The topological polar surface area (TPSA) is 109 Å². The standard InChI is InChI=1S/C25H29Cl2N5O3/c26-20-13-9-14-21(27)23(20)24(33)29-22(25(34)35)17-32-16-19(30-31-32)12-5-2-1-3-8-15-28-18-10-6-4-7-11-18/h4,6-7,9-11,13-14,16,22,28H,1-3,5,8,12,15,17H2,(H,29,33)(H,34,35)/t22-/m0/s1. The van der Waals surface area contributed by atoms with E-state index in [2.05, 4.69) is 33.1 Å². The van der Waals surface area contributed by atoms with Gasteiger partial charge < -0.3 is 15.7 Å². The van der Waals surface area contributed by atoms with Crippen molar-refractivity contribution in [2.24, 2.45) is 0 Å². The van der Waals surface area contributed by atoms with Crippen molar-refractivity contribution in [3.05, 3.63) is 76.0 Å². The molecule has 0 aliphatic heterocycles. The van der Waals surface area contributed by atoms with Gasteiger partial charge in [0, 0.05) is 18.4 Å². The average Bonchev–Trinajstić information content (AvgIpc) is 3.28. The van der Waals surface area contributed by atoms with Crippen molar-refractivity contribution in [3.63, 3.8) is 0 Å². The lowest BCUT2D eigenvalue weighted by atomic mass is 10.1. The van der Waals surface area contributed by atoms with Crippen LogP contribution in [0.5, 0.6) is 0 Å². The molecular formula is C25H29Cl2N5O3. The van der Waals surface area contributed by atoms with Gasteiger partial charge in [-0.3, -0.25) is 4.79 Å². The van der Waals surface area contributed by atoms with Crippen LogP contribution in [-0.4, -0.2) is 44.6 Å². The molecular weight excluding hydrogens is 489 g/mol. The first-order chi connectivity index (χ1) is 16.9. The van der Waals surface area contributed by atoms with Crippen molar-refractivity contribution in [2.75, 3.05) is 11.9 Å². The van der Waals surface area contributed by atoms with Crippen molar-refractivity contribution in [3.8, 4) is 0 Å². The van der Waals surface area contributed by atoms with Gasteiger partial charge >= 0.3 is 5.97 Å². The summed E-state index contributed by atoms with van der Waals surface area (Å²) in [6, 6.07) is 13.6. The molecule has 0 spiro atoms. The van der Waals surface area contributed by atoms with Crippen LogP contribution in [0.15, 0.2) is 54.7 Å². The number of amides is 1. The van der Waals surface area contributed by atoms with E-state index in [9.17, 15) is 14.7 Å². The van der Waals surface area contributed by atoms with Crippen LogP contribution in [0.4, 0.5) is 5.69 Å². The molecule has 3 aromatic rings. The predicted molar refractivity (Wildman–Crippen MR) is 137 cm³/mol. The number of carbonyl (C=O) groups is 2. The van der Waals surface area contributed by atoms with Crippen LogP contribution in [0.1, 0.15) is 48.2 Å². The Kier molecular flexibility index (Phi) is 10.4. The molecule has 0 radical (unpaired) electrons. The quantitative estimate of drug-likeness (QED) is 0.257. The van der Waals surface area contributed by atoms with Crippen LogP contribution in [0.3, 0.4) is 0 Å². The van der Waals surface area contributed by atoms with E-state index in [1.54, 1.807) is 12.3 Å². The first-order valence-electron chi connectivity index (χ1n) is 11.6. The van der Waals surface area contributed by atoms with Crippen LogP contribution < -0.4 is 10.6 Å². The first kappa shape index (κ1) is 26.5. The molecule has 3 rings (SSSR count). The third-order valence-corrected chi connectivity index (χ3v) is 6.09. The summed E-state index contributed by atoms with van der Waals surface area (Å²) < 4.78 is 1.43. The molecule has 0 bridgehead atoms. The maximum Gasteiger partial charge on any atom is 0.328 e. The number of rotatable bonds is 14. The molecule has 1 amide bonds. The predicted octanol–water partition coefficient (Wildman–Crippen LogP) is 5.07. The number of unbranched alkanes of at least 4 members (excludes halogenated alkanes) is 4.